The van der Waals surface area contributed by atoms with Gasteiger partial charge in [0, 0.05) is 19.5 Å². The number of carboxylic acid groups (broad SMARTS) is 1. The molecule has 110 valence electrons. The summed E-state index contributed by atoms with van der Waals surface area (Å²) >= 11 is 0. The number of aliphatic carboxylic acids is 1. The van der Waals surface area contributed by atoms with Crippen LogP contribution in [0.3, 0.4) is 0 Å². The minimum absolute atomic E-state index is 0.0716. The fourth-order valence-corrected chi connectivity index (χ4v) is 2.01. The van der Waals surface area contributed by atoms with E-state index in [-0.39, 0.29) is 18.2 Å². The second-order valence-corrected chi connectivity index (χ2v) is 5.08. The van der Waals surface area contributed by atoms with Crippen LogP contribution in [-0.2, 0) is 16.0 Å². The van der Waals surface area contributed by atoms with E-state index in [4.69, 9.17) is 10.8 Å². The van der Waals surface area contributed by atoms with E-state index in [9.17, 15) is 9.59 Å². The summed E-state index contributed by atoms with van der Waals surface area (Å²) in [4.78, 5) is 24.4. The molecule has 5 heteroatoms. The van der Waals surface area contributed by atoms with Crippen molar-refractivity contribution in [2.24, 2.45) is 11.7 Å². The predicted octanol–water partition coefficient (Wildman–Crippen LogP) is 1.13. The molecule has 2 unspecified atom stereocenters. The monoisotopic (exact) mass is 278 g/mol. The molecule has 1 aromatic carbocycles. The van der Waals surface area contributed by atoms with Crippen molar-refractivity contribution in [1.82, 2.24) is 4.90 Å². The summed E-state index contributed by atoms with van der Waals surface area (Å²) in [5, 5.41) is 8.75. The normalized spacial score (nSPS) is 13.6. The molecule has 0 spiro atoms. The highest BCUT2D eigenvalue weighted by molar-refractivity contribution is 5.80. The Hall–Kier alpha value is -1.88. The lowest BCUT2D eigenvalue weighted by atomic mass is 10.0. The van der Waals surface area contributed by atoms with Gasteiger partial charge < -0.3 is 15.7 Å². The van der Waals surface area contributed by atoms with Crippen LogP contribution in [-0.4, -0.2) is 41.5 Å². The summed E-state index contributed by atoms with van der Waals surface area (Å²) in [5.41, 5.74) is 6.62. The highest BCUT2D eigenvalue weighted by Crippen LogP contribution is 2.10. The van der Waals surface area contributed by atoms with E-state index >= 15 is 0 Å². The van der Waals surface area contributed by atoms with Crippen molar-refractivity contribution < 1.29 is 14.7 Å². The molecular formula is C15H22N2O3. The maximum absolute atomic E-state index is 12.1. The number of carbonyl (C=O) groups excluding carboxylic acids is 1. The summed E-state index contributed by atoms with van der Waals surface area (Å²) in [6.45, 7) is 2.32. The summed E-state index contributed by atoms with van der Waals surface area (Å²) < 4.78 is 0. The molecular weight excluding hydrogens is 256 g/mol. The Balaban J connectivity index is 2.44. The van der Waals surface area contributed by atoms with Crippen molar-refractivity contribution in [3.05, 3.63) is 35.9 Å². The second-order valence-electron chi connectivity index (χ2n) is 5.08. The van der Waals surface area contributed by atoms with Crippen LogP contribution >= 0.6 is 0 Å². The zero-order valence-corrected chi connectivity index (χ0v) is 12.0. The average Bonchev–Trinajstić information content (AvgIpc) is 2.44. The standard InChI is InChI=1S/C15H22N2O3/c1-11(10-13(16)15(19)20)14(18)17(2)9-8-12-6-4-3-5-7-12/h3-7,11,13H,8-10,16H2,1-2H3,(H,19,20). The first-order chi connectivity index (χ1) is 9.41. The van der Waals surface area contributed by atoms with Crippen molar-refractivity contribution in [2.75, 3.05) is 13.6 Å². The smallest absolute Gasteiger partial charge is 0.320 e. The highest BCUT2D eigenvalue weighted by Gasteiger charge is 2.23. The molecule has 0 saturated carbocycles. The first-order valence-electron chi connectivity index (χ1n) is 6.69. The van der Waals surface area contributed by atoms with Gasteiger partial charge in [0.25, 0.3) is 0 Å². The number of nitrogens with zero attached hydrogens (tertiary/aromatic N) is 1. The molecule has 0 aliphatic heterocycles. The summed E-state index contributed by atoms with van der Waals surface area (Å²) in [5.74, 6) is -1.53. The Kier molecular flexibility index (Phi) is 6.18. The first kappa shape index (κ1) is 16.2. The number of amides is 1. The van der Waals surface area contributed by atoms with Gasteiger partial charge in [0.1, 0.15) is 6.04 Å². The van der Waals surface area contributed by atoms with Crippen LogP contribution in [0.25, 0.3) is 0 Å². The molecule has 1 amide bonds. The van der Waals surface area contributed by atoms with E-state index in [2.05, 4.69) is 0 Å². The Bertz CT molecular complexity index is 448. The average molecular weight is 278 g/mol. The molecule has 20 heavy (non-hydrogen) atoms. The zero-order valence-electron chi connectivity index (χ0n) is 12.0. The number of hydrogen-bond donors (Lipinski definition) is 2. The van der Waals surface area contributed by atoms with Crippen LogP contribution in [0.4, 0.5) is 0 Å². The third-order valence-electron chi connectivity index (χ3n) is 3.30. The summed E-state index contributed by atoms with van der Waals surface area (Å²) in [6.07, 6.45) is 0.935. The van der Waals surface area contributed by atoms with E-state index in [1.807, 2.05) is 30.3 Å². The Labute approximate surface area is 119 Å². The van der Waals surface area contributed by atoms with Crippen molar-refractivity contribution in [3.63, 3.8) is 0 Å². The van der Waals surface area contributed by atoms with Gasteiger partial charge in [-0.1, -0.05) is 37.3 Å². The van der Waals surface area contributed by atoms with Gasteiger partial charge in [-0.05, 0) is 18.4 Å². The van der Waals surface area contributed by atoms with Crippen molar-refractivity contribution in [3.8, 4) is 0 Å². The van der Waals surface area contributed by atoms with Gasteiger partial charge in [0.2, 0.25) is 5.91 Å². The second kappa shape index (κ2) is 7.65. The van der Waals surface area contributed by atoms with E-state index in [1.54, 1.807) is 18.9 Å². The number of benzene rings is 1. The molecule has 0 saturated heterocycles. The molecule has 1 rings (SSSR count). The van der Waals surface area contributed by atoms with Crippen LogP contribution < -0.4 is 5.73 Å². The summed E-state index contributed by atoms with van der Waals surface area (Å²) in [6, 6.07) is 8.92. The number of hydrogen-bond acceptors (Lipinski definition) is 3. The maximum Gasteiger partial charge on any atom is 0.320 e. The zero-order chi connectivity index (χ0) is 15.1. The lowest BCUT2D eigenvalue weighted by Crippen LogP contribution is -2.38. The van der Waals surface area contributed by atoms with E-state index in [0.717, 1.165) is 6.42 Å². The van der Waals surface area contributed by atoms with Crippen LogP contribution in [0.2, 0.25) is 0 Å². The fourth-order valence-electron chi connectivity index (χ4n) is 2.01. The van der Waals surface area contributed by atoms with Crippen molar-refractivity contribution in [2.45, 2.75) is 25.8 Å². The molecule has 2 atom stereocenters. The SMILES string of the molecule is CC(CC(N)C(=O)O)C(=O)N(C)CCc1ccccc1. The predicted molar refractivity (Wildman–Crippen MR) is 77.2 cm³/mol. The van der Waals surface area contributed by atoms with Gasteiger partial charge >= 0.3 is 5.97 Å². The van der Waals surface area contributed by atoms with Gasteiger partial charge in [-0.25, -0.2) is 0 Å². The molecule has 0 bridgehead atoms. The number of carbonyl (C=O) groups is 2. The first-order valence-corrected chi connectivity index (χ1v) is 6.69. The molecule has 5 nitrogen and oxygen atoms in total. The molecule has 0 aliphatic carbocycles. The van der Waals surface area contributed by atoms with Gasteiger partial charge in [0.15, 0.2) is 0 Å². The third kappa shape index (κ3) is 5.01. The molecule has 0 aromatic heterocycles. The quantitative estimate of drug-likeness (QED) is 0.783. The van der Waals surface area contributed by atoms with E-state index in [1.165, 1.54) is 5.56 Å². The van der Waals surface area contributed by atoms with Crippen LogP contribution in [0.15, 0.2) is 30.3 Å². The number of rotatable bonds is 7. The van der Waals surface area contributed by atoms with Gasteiger partial charge in [-0.3, -0.25) is 9.59 Å². The Morgan fingerprint density at radius 3 is 2.45 bits per heavy atom. The van der Waals surface area contributed by atoms with Crippen molar-refractivity contribution in [1.29, 1.82) is 0 Å². The van der Waals surface area contributed by atoms with Crippen LogP contribution in [0, 0.1) is 5.92 Å². The van der Waals surface area contributed by atoms with Crippen LogP contribution in [0.1, 0.15) is 18.9 Å². The number of likely N-dealkylation sites (N-methyl/N-ethyl adjacent to an activating group) is 1. The lowest BCUT2D eigenvalue weighted by molar-refractivity contribution is -0.139. The Morgan fingerprint density at radius 2 is 1.90 bits per heavy atom. The topological polar surface area (TPSA) is 83.6 Å². The molecule has 0 radical (unpaired) electrons. The van der Waals surface area contributed by atoms with Gasteiger partial charge in [-0.2, -0.15) is 0 Å². The number of carboxylic acids is 1. The number of nitrogens with two attached hydrogens (primary N) is 1. The molecule has 3 N–H and O–H groups in total. The van der Waals surface area contributed by atoms with E-state index in [0.29, 0.717) is 6.54 Å². The van der Waals surface area contributed by atoms with E-state index < -0.39 is 12.0 Å². The highest BCUT2D eigenvalue weighted by atomic mass is 16.4. The molecule has 1 aromatic rings. The lowest BCUT2D eigenvalue weighted by Gasteiger charge is -2.22. The molecule has 0 aliphatic rings. The van der Waals surface area contributed by atoms with Crippen molar-refractivity contribution >= 4 is 11.9 Å². The molecule has 0 fully saturated rings. The summed E-state index contributed by atoms with van der Waals surface area (Å²) in [7, 11) is 1.73. The third-order valence-corrected chi connectivity index (χ3v) is 3.30. The molecule has 0 heterocycles. The maximum atomic E-state index is 12.1. The Morgan fingerprint density at radius 1 is 1.30 bits per heavy atom. The van der Waals surface area contributed by atoms with Gasteiger partial charge in [-0.15, -0.1) is 0 Å². The minimum Gasteiger partial charge on any atom is -0.480 e. The van der Waals surface area contributed by atoms with Crippen LogP contribution in [0.5, 0.6) is 0 Å². The van der Waals surface area contributed by atoms with Gasteiger partial charge in [0.05, 0.1) is 0 Å². The minimum atomic E-state index is -1.07. The largest absolute Gasteiger partial charge is 0.480 e. The fraction of sp³-hybridized carbons (Fsp3) is 0.467.